The number of rotatable bonds is 13. The Morgan fingerprint density at radius 3 is 2.21 bits per heavy atom. The average Bonchev–Trinajstić information content (AvgIpc) is 2.39. The van der Waals surface area contributed by atoms with Crippen LogP contribution < -0.4 is 0 Å². The fourth-order valence-corrected chi connectivity index (χ4v) is 1.89. The Hall–Kier alpha value is -0.403. The molecule has 0 fully saturated rings. The van der Waals surface area contributed by atoms with E-state index in [4.69, 9.17) is 23.7 Å². The van der Waals surface area contributed by atoms with Crippen LogP contribution in [-0.2, 0) is 23.7 Å². The lowest BCUT2D eigenvalue weighted by atomic mass is 10.3. The van der Waals surface area contributed by atoms with Crippen LogP contribution in [0.4, 0.5) is 0 Å². The summed E-state index contributed by atoms with van der Waals surface area (Å²) >= 11 is 0. The van der Waals surface area contributed by atoms with E-state index in [1.807, 2.05) is 20.8 Å². The summed E-state index contributed by atoms with van der Waals surface area (Å²) in [5.41, 5.74) is 0. The Morgan fingerprint density at radius 2 is 1.74 bits per heavy atom. The van der Waals surface area contributed by atoms with Crippen molar-refractivity contribution >= 4 is 10.2 Å². The van der Waals surface area contributed by atoms with Gasteiger partial charge < -0.3 is 23.7 Å². The molecule has 0 saturated carbocycles. The van der Waals surface area contributed by atoms with E-state index in [1.165, 1.54) is 6.26 Å². The monoisotopic (exact) mass is 292 g/mol. The third-order valence-electron chi connectivity index (χ3n) is 2.37. The van der Waals surface area contributed by atoms with Gasteiger partial charge in [0.15, 0.2) is 6.10 Å². The SMILES string of the molecule is C=COC(C)C(OCC)(OCC)OCCOCC[SiH3]. The molecule has 0 aromatic carbocycles. The van der Waals surface area contributed by atoms with Crippen molar-refractivity contribution < 1.29 is 23.7 Å². The molecule has 0 bridgehead atoms. The first-order chi connectivity index (χ1) is 9.16. The summed E-state index contributed by atoms with van der Waals surface area (Å²) in [4.78, 5) is 0. The van der Waals surface area contributed by atoms with E-state index in [9.17, 15) is 0 Å². The van der Waals surface area contributed by atoms with Crippen LogP contribution >= 0.6 is 0 Å². The van der Waals surface area contributed by atoms with Crippen LogP contribution in [0.15, 0.2) is 12.8 Å². The Morgan fingerprint density at radius 1 is 1.11 bits per heavy atom. The van der Waals surface area contributed by atoms with E-state index >= 15 is 0 Å². The third kappa shape index (κ3) is 7.08. The molecule has 0 saturated heterocycles. The van der Waals surface area contributed by atoms with Gasteiger partial charge in [-0.3, -0.25) is 0 Å². The summed E-state index contributed by atoms with van der Waals surface area (Å²) < 4.78 is 27.7. The molecule has 0 rings (SSSR count). The van der Waals surface area contributed by atoms with Crippen LogP contribution in [0.3, 0.4) is 0 Å². The van der Waals surface area contributed by atoms with Crippen molar-refractivity contribution in [1.29, 1.82) is 0 Å². The van der Waals surface area contributed by atoms with E-state index in [-0.39, 0.29) is 0 Å². The standard InChI is InChI=1S/C13H28O5Si/c1-5-15-12(4)13(16-6-2,17-7-3)18-9-8-14-10-11-19/h5,12H,1,6-11H2,2-4,19H3. The zero-order valence-corrected chi connectivity index (χ0v) is 14.6. The van der Waals surface area contributed by atoms with E-state index in [1.54, 1.807) is 0 Å². The molecular weight excluding hydrogens is 264 g/mol. The summed E-state index contributed by atoms with van der Waals surface area (Å²) in [6, 6.07) is 1.12. The molecule has 1 unspecified atom stereocenters. The van der Waals surface area contributed by atoms with Gasteiger partial charge in [-0.25, -0.2) is 0 Å². The first-order valence-electron chi connectivity index (χ1n) is 6.92. The lowest BCUT2D eigenvalue weighted by Crippen LogP contribution is -2.50. The summed E-state index contributed by atoms with van der Waals surface area (Å²) in [5, 5.41) is 0. The summed E-state index contributed by atoms with van der Waals surface area (Å²) in [6.45, 7) is 11.8. The molecule has 0 amide bonds. The maximum Gasteiger partial charge on any atom is 0.322 e. The van der Waals surface area contributed by atoms with Crippen molar-refractivity contribution in [1.82, 2.24) is 0 Å². The largest absolute Gasteiger partial charge is 0.490 e. The number of hydrogen-bond donors (Lipinski definition) is 0. The van der Waals surface area contributed by atoms with Gasteiger partial charge in [0.1, 0.15) is 0 Å². The molecule has 0 aromatic heterocycles. The highest BCUT2D eigenvalue weighted by molar-refractivity contribution is 6.08. The molecule has 114 valence electrons. The maximum atomic E-state index is 5.74. The maximum absolute atomic E-state index is 5.74. The van der Waals surface area contributed by atoms with Gasteiger partial charge in [-0.05, 0) is 26.8 Å². The molecule has 0 heterocycles. The molecule has 19 heavy (non-hydrogen) atoms. The van der Waals surface area contributed by atoms with Crippen LogP contribution in [0.2, 0.25) is 6.04 Å². The van der Waals surface area contributed by atoms with Gasteiger partial charge in [0, 0.05) is 30.1 Å². The van der Waals surface area contributed by atoms with Crippen molar-refractivity contribution in [3.05, 3.63) is 12.8 Å². The minimum Gasteiger partial charge on any atom is -0.490 e. The Labute approximate surface area is 119 Å². The predicted octanol–water partition coefficient (Wildman–Crippen LogP) is 1.08. The van der Waals surface area contributed by atoms with Crippen LogP contribution in [-0.4, -0.2) is 55.4 Å². The highest BCUT2D eigenvalue weighted by Crippen LogP contribution is 2.23. The fraction of sp³-hybridized carbons (Fsp3) is 0.846. The second-order valence-corrected chi connectivity index (χ2v) is 4.88. The number of ether oxygens (including phenoxy) is 5. The van der Waals surface area contributed by atoms with E-state index in [2.05, 4.69) is 6.58 Å². The lowest BCUT2D eigenvalue weighted by molar-refractivity contribution is -0.409. The molecule has 0 aromatic rings. The van der Waals surface area contributed by atoms with Gasteiger partial charge in [-0.2, -0.15) is 0 Å². The lowest BCUT2D eigenvalue weighted by Gasteiger charge is -2.36. The van der Waals surface area contributed by atoms with E-state index in [0.29, 0.717) is 26.4 Å². The van der Waals surface area contributed by atoms with Crippen LogP contribution in [0.1, 0.15) is 20.8 Å². The second kappa shape index (κ2) is 11.4. The van der Waals surface area contributed by atoms with Crippen molar-refractivity contribution in [3.63, 3.8) is 0 Å². The Bertz CT molecular complexity index is 219. The molecule has 1 atom stereocenters. The predicted molar refractivity (Wildman–Crippen MR) is 78.2 cm³/mol. The quantitative estimate of drug-likeness (QED) is 0.220. The summed E-state index contributed by atoms with van der Waals surface area (Å²) in [6.07, 6.45) is 0.947. The van der Waals surface area contributed by atoms with Crippen LogP contribution in [0.25, 0.3) is 0 Å². The van der Waals surface area contributed by atoms with Crippen molar-refractivity contribution in [2.24, 2.45) is 0 Å². The smallest absolute Gasteiger partial charge is 0.322 e. The highest BCUT2D eigenvalue weighted by atomic mass is 28.1. The van der Waals surface area contributed by atoms with Crippen LogP contribution in [0.5, 0.6) is 0 Å². The molecule has 0 aliphatic heterocycles. The molecule has 0 aliphatic carbocycles. The van der Waals surface area contributed by atoms with Gasteiger partial charge in [-0.15, -0.1) is 0 Å². The van der Waals surface area contributed by atoms with E-state index < -0.39 is 12.1 Å². The van der Waals surface area contributed by atoms with Crippen molar-refractivity contribution in [2.45, 2.75) is 38.9 Å². The molecule has 0 aliphatic rings. The molecule has 0 spiro atoms. The zero-order valence-electron chi connectivity index (χ0n) is 12.6. The highest BCUT2D eigenvalue weighted by Gasteiger charge is 2.41. The van der Waals surface area contributed by atoms with E-state index in [0.717, 1.165) is 22.9 Å². The number of hydrogen-bond acceptors (Lipinski definition) is 5. The third-order valence-corrected chi connectivity index (χ3v) is 2.78. The minimum atomic E-state index is -1.21. The van der Waals surface area contributed by atoms with Crippen molar-refractivity contribution in [3.8, 4) is 0 Å². The van der Waals surface area contributed by atoms with Crippen LogP contribution in [0, 0.1) is 0 Å². The van der Waals surface area contributed by atoms with Gasteiger partial charge in [-0.1, -0.05) is 6.58 Å². The Kier molecular flexibility index (Phi) is 11.2. The second-order valence-electron chi connectivity index (χ2n) is 3.88. The van der Waals surface area contributed by atoms with Gasteiger partial charge >= 0.3 is 5.97 Å². The molecule has 6 heteroatoms. The summed E-state index contributed by atoms with van der Waals surface area (Å²) in [7, 11) is 1.15. The normalized spacial score (nSPS) is 13.4. The molecule has 5 nitrogen and oxygen atoms in total. The van der Waals surface area contributed by atoms with Gasteiger partial charge in [0.05, 0.1) is 19.5 Å². The minimum absolute atomic E-state index is 0.395. The molecule has 0 N–H and O–H groups in total. The average molecular weight is 292 g/mol. The molecular formula is C13H28O5Si. The first kappa shape index (κ1) is 18.6. The first-order valence-corrected chi connectivity index (χ1v) is 8.34. The van der Waals surface area contributed by atoms with Gasteiger partial charge in [0.25, 0.3) is 0 Å². The Balaban J connectivity index is 4.47. The topological polar surface area (TPSA) is 46.2 Å². The van der Waals surface area contributed by atoms with Crippen molar-refractivity contribution in [2.75, 3.05) is 33.0 Å². The molecule has 0 radical (unpaired) electrons. The fourth-order valence-electron chi connectivity index (χ4n) is 1.60. The zero-order chi connectivity index (χ0) is 14.6. The van der Waals surface area contributed by atoms with Gasteiger partial charge in [0.2, 0.25) is 0 Å². The summed E-state index contributed by atoms with van der Waals surface area (Å²) in [5.74, 6) is -1.21.